The molecule has 1 aromatic rings. The van der Waals surface area contributed by atoms with Crippen molar-refractivity contribution in [2.24, 2.45) is 5.92 Å². The highest BCUT2D eigenvalue weighted by Gasteiger charge is 2.36. The van der Waals surface area contributed by atoms with Crippen molar-refractivity contribution in [2.75, 3.05) is 13.1 Å². The molecule has 1 amide bonds. The zero-order chi connectivity index (χ0) is 17.3. The number of alkyl halides is 3. The largest absolute Gasteiger partial charge is 0.452 e. The number of amides is 1. The number of carbonyl (C=O) groups is 1. The van der Waals surface area contributed by atoms with E-state index in [0.717, 1.165) is 6.07 Å². The second-order valence-electron chi connectivity index (χ2n) is 6.50. The smallest absolute Gasteiger partial charge is 0.444 e. The van der Waals surface area contributed by atoms with E-state index in [0.29, 0.717) is 19.5 Å². The van der Waals surface area contributed by atoms with Crippen LogP contribution in [-0.2, 0) is 10.9 Å². The van der Waals surface area contributed by atoms with Gasteiger partial charge in [0.2, 0.25) is 5.76 Å². The first-order valence-electron chi connectivity index (χ1n) is 7.23. The number of nitrogens with zero attached hydrogens (tertiary/aromatic N) is 2. The average Bonchev–Trinajstić information content (AvgIpc) is 2.77. The van der Waals surface area contributed by atoms with Crippen LogP contribution in [0.2, 0.25) is 0 Å². The molecule has 0 aromatic carbocycles. The van der Waals surface area contributed by atoms with Crippen molar-refractivity contribution in [3.05, 3.63) is 23.6 Å². The third-order valence-corrected chi connectivity index (χ3v) is 3.17. The molecule has 1 aliphatic rings. The van der Waals surface area contributed by atoms with Crippen LogP contribution in [0, 0.1) is 5.92 Å². The molecule has 0 saturated carbocycles. The van der Waals surface area contributed by atoms with E-state index < -0.39 is 17.5 Å². The Kier molecular flexibility index (Phi) is 4.72. The zero-order valence-electron chi connectivity index (χ0n) is 13.2. The highest BCUT2D eigenvalue weighted by Crippen LogP contribution is 2.30. The normalized spacial score (nSPS) is 16.7. The van der Waals surface area contributed by atoms with Gasteiger partial charge in [-0.1, -0.05) is 11.2 Å². The van der Waals surface area contributed by atoms with Gasteiger partial charge in [0.15, 0.2) is 0 Å². The topological polar surface area (TPSA) is 55.6 Å². The van der Waals surface area contributed by atoms with E-state index in [1.807, 2.05) is 0 Å². The summed E-state index contributed by atoms with van der Waals surface area (Å²) < 4.78 is 46.5. The standard InChI is InChI=1S/C15H19F3N2O3/c1-14(2,3)22-13(21)20-8-10(9-20)5-4-6-11-7-12(23-19-11)15(16,17)18/h4,6-7,10H,5,8-9H2,1-3H3. The number of rotatable bonds is 3. The van der Waals surface area contributed by atoms with Crippen LogP contribution in [-0.4, -0.2) is 34.8 Å². The fourth-order valence-electron chi connectivity index (χ4n) is 2.08. The Labute approximate surface area is 132 Å². The quantitative estimate of drug-likeness (QED) is 0.840. The summed E-state index contributed by atoms with van der Waals surface area (Å²) in [5.41, 5.74) is -0.397. The highest BCUT2D eigenvalue weighted by atomic mass is 19.4. The highest BCUT2D eigenvalue weighted by molar-refractivity contribution is 5.69. The Hall–Kier alpha value is -1.99. The predicted molar refractivity (Wildman–Crippen MR) is 76.5 cm³/mol. The molecule has 23 heavy (non-hydrogen) atoms. The Morgan fingerprint density at radius 1 is 1.43 bits per heavy atom. The Morgan fingerprint density at radius 3 is 2.61 bits per heavy atom. The molecular weight excluding hydrogens is 313 g/mol. The molecule has 0 aliphatic carbocycles. The Balaban J connectivity index is 1.74. The van der Waals surface area contributed by atoms with Gasteiger partial charge in [0.1, 0.15) is 11.3 Å². The SMILES string of the molecule is CC(C)(C)OC(=O)N1CC(CC=Cc2cc(C(F)(F)F)on2)C1. The van der Waals surface area contributed by atoms with Crippen LogP contribution in [0.4, 0.5) is 18.0 Å². The zero-order valence-corrected chi connectivity index (χ0v) is 13.2. The third-order valence-electron chi connectivity index (χ3n) is 3.17. The molecule has 128 valence electrons. The van der Waals surface area contributed by atoms with E-state index in [1.165, 1.54) is 6.08 Å². The maximum atomic E-state index is 12.3. The van der Waals surface area contributed by atoms with Gasteiger partial charge >= 0.3 is 12.3 Å². The lowest BCUT2D eigenvalue weighted by atomic mass is 9.96. The van der Waals surface area contributed by atoms with Crippen LogP contribution in [0.15, 0.2) is 16.7 Å². The van der Waals surface area contributed by atoms with Crippen molar-refractivity contribution in [3.8, 4) is 0 Å². The van der Waals surface area contributed by atoms with Crippen molar-refractivity contribution in [1.82, 2.24) is 10.1 Å². The van der Waals surface area contributed by atoms with Gasteiger partial charge in [0.05, 0.1) is 0 Å². The molecular formula is C15H19F3N2O3. The van der Waals surface area contributed by atoms with E-state index in [1.54, 1.807) is 31.7 Å². The molecule has 1 aliphatic heterocycles. The molecule has 1 fully saturated rings. The van der Waals surface area contributed by atoms with Gasteiger partial charge in [0, 0.05) is 19.2 Å². The van der Waals surface area contributed by atoms with E-state index in [9.17, 15) is 18.0 Å². The summed E-state index contributed by atoms with van der Waals surface area (Å²) in [6.07, 6.45) is -1.01. The summed E-state index contributed by atoms with van der Waals surface area (Å²) in [6, 6.07) is 0.851. The van der Waals surface area contributed by atoms with Crippen molar-refractivity contribution in [2.45, 2.75) is 39.0 Å². The fourth-order valence-corrected chi connectivity index (χ4v) is 2.08. The average molecular weight is 332 g/mol. The van der Waals surface area contributed by atoms with Gasteiger partial charge in [-0.3, -0.25) is 0 Å². The van der Waals surface area contributed by atoms with Crippen LogP contribution < -0.4 is 0 Å². The molecule has 2 rings (SSSR count). The first kappa shape index (κ1) is 17.4. The Bertz CT molecular complexity index is 582. The van der Waals surface area contributed by atoms with Gasteiger partial charge in [-0.2, -0.15) is 13.2 Å². The van der Waals surface area contributed by atoms with Gasteiger partial charge in [-0.05, 0) is 39.2 Å². The summed E-state index contributed by atoms with van der Waals surface area (Å²) in [5.74, 6) is -0.843. The molecule has 2 heterocycles. The molecule has 0 N–H and O–H groups in total. The Morgan fingerprint density at radius 2 is 2.09 bits per heavy atom. The van der Waals surface area contributed by atoms with Crippen molar-refractivity contribution < 1.29 is 27.2 Å². The number of allylic oxidation sites excluding steroid dienone is 1. The number of hydrogen-bond donors (Lipinski definition) is 0. The summed E-state index contributed by atoms with van der Waals surface area (Å²) in [6.45, 7) is 6.56. The molecule has 0 radical (unpaired) electrons. The maximum absolute atomic E-state index is 12.3. The van der Waals surface area contributed by atoms with Crippen molar-refractivity contribution in [1.29, 1.82) is 0 Å². The lowest BCUT2D eigenvalue weighted by molar-refractivity contribution is -0.155. The van der Waals surface area contributed by atoms with E-state index in [-0.39, 0.29) is 17.7 Å². The first-order valence-corrected chi connectivity index (χ1v) is 7.23. The van der Waals surface area contributed by atoms with Gasteiger partial charge < -0.3 is 14.2 Å². The van der Waals surface area contributed by atoms with Gasteiger partial charge in [0.25, 0.3) is 0 Å². The number of aromatic nitrogens is 1. The van der Waals surface area contributed by atoms with Gasteiger partial charge in [-0.25, -0.2) is 4.79 Å². The van der Waals surface area contributed by atoms with Crippen molar-refractivity contribution >= 4 is 12.2 Å². The lowest BCUT2D eigenvalue weighted by Gasteiger charge is -2.39. The molecule has 1 aromatic heterocycles. The maximum Gasteiger partial charge on any atom is 0.452 e. The summed E-state index contributed by atoms with van der Waals surface area (Å²) in [4.78, 5) is 13.3. The molecule has 5 nitrogen and oxygen atoms in total. The number of ether oxygens (including phenoxy) is 1. The molecule has 8 heteroatoms. The number of carbonyl (C=O) groups excluding carboxylic acids is 1. The molecule has 0 unspecified atom stereocenters. The van der Waals surface area contributed by atoms with Crippen molar-refractivity contribution in [3.63, 3.8) is 0 Å². The second-order valence-corrected chi connectivity index (χ2v) is 6.50. The van der Waals surface area contributed by atoms with E-state index in [2.05, 4.69) is 9.68 Å². The molecule has 0 atom stereocenters. The fraction of sp³-hybridized carbons (Fsp3) is 0.600. The van der Waals surface area contributed by atoms with E-state index in [4.69, 9.17) is 4.74 Å². The van der Waals surface area contributed by atoms with Crippen LogP contribution in [0.1, 0.15) is 38.6 Å². The minimum absolute atomic E-state index is 0.126. The first-order chi connectivity index (χ1) is 10.5. The monoisotopic (exact) mass is 332 g/mol. The lowest BCUT2D eigenvalue weighted by Crippen LogP contribution is -2.51. The number of hydrogen-bond acceptors (Lipinski definition) is 4. The molecule has 0 bridgehead atoms. The summed E-state index contributed by atoms with van der Waals surface area (Å²) >= 11 is 0. The van der Waals surface area contributed by atoms with E-state index >= 15 is 0 Å². The van der Waals surface area contributed by atoms with Crippen LogP contribution >= 0.6 is 0 Å². The van der Waals surface area contributed by atoms with Crippen LogP contribution in [0.25, 0.3) is 6.08 Å². The third kappa shape index (κ3) is 5.01. The minimum Gasteiger partial charge on any atom is -0.444 e. The number of halogens is 3. The summed E-state index contributed by atoms with van der Waals surface area (Å²) in [5, 5.41) is 3.34. The molecule has 0 spiro atoms. The molecule has 1 saturated heterocycles. The van der Waals surface area contributed by atoms with Crippen LogP contribution in [0.5, 0.6) is 0 Å². The summed E-state index contributed by atoms with van der Waals surface area (Å²) in [7, 11) is 0. The second kappa shape index (κ2) is 6.25. The van der Waals surface area contributed by atoms with Crippen LogP contribution in [0.3, 0.4) is 0 Å². The minimum atomic E-state index is -4.53. The van der Waals surface area contributed by atoms with Gasteiger partial charge in [-0.15, -0.1) is 0 Å². The number of likely N-dealkylation sites (tertiary alicyclic amines) is 1. The predicted octanol–water partition coefficient (Wildman–Crippen LogP) is 3.96.